The van der Waals surface area contributed by atoms with Crippen molar-refractivity contribution in [2.45, 2.75) is 6.92 Å². The van der Waals surface area contributed by atoms with E-state index in [4.69, 9.17) is 0 Å². The SMILES string of the molecule is Cc1ccccc1Nc1cc(C(=O)N2CCN(c3ccc(F)cc3)CC2)ncn1. The number of aromatic nitrogens is 2. The number of nitrogens with one attached hydrogen (secondary N) is 1. The van der Waals surface area contributed by atoms with Gasteiger partial charge in [0.1, 0.15) is 23.7 Å². The second-order valence-electron chi connectivity index (χ2n) is 6.98. The van der Waals surface area contributed by atoms with Crippen LogP contribution in [0.5, 0.6) is 0 Å². The van der Waals surface area contributed by atoms with Gasteiger partial charge in [0.05, 0.1) is 0 Å². The highest BCUT2D eigenvalue weighted by molar-refractivity contribution is 5.93. The third-order valence-electron chi connectivity index (χ3n) is 5.05. The first-order valence-corrected chi connectivity index (χ1v) is 9.54. The lowest BCUT2D eigenvalue weighted by atomic mass is 10.2. The van der Waals surface area contributed by atoms with Gasteiger partial charge in [-0.05, 0) is 42.8 Å². The molecule has 1 saturated heterocycles. The first-order valence-electron chi connectivity index (χ1n) is 9.54. The number of halogens is 1. The van der Waals surface area contributed by atoms with E-state index in [1.807, 2.05) is 31.2 Å². The minimum Gasteiger partial charge on any atom is -0.368 e. The Morgan fingerprint density at radius 2 is 1.72 bits per heavy atom. The van der Waals surface area contributed by atoms with Crippen molar-refractivity contribution in [2.24, 2.45) is 0 Å². The van der Waals surface area contributed by atoms with E-state index in [-0.39, 0.29) is 11.7 Å². The number of carbonyl (C=O) groups excluding carboxylic acids is 1. The molecule has 0 spiro atoms. The summed E-state index contributed by atoms with van der Waals surface area (Å²) >= 11 is 0. The minimum absolute atomic E-state index is 0.112. The summed E-state index contributed by atoms with van der Waals surface area (Å²) in [5.41, 5.74) is 3.37. The standard InChI is InChI=1S/C22H22FN5O/c1-16-4-2-3-5-19(16)26-21-14-20(24-15-25-21)22(29)28-12-10-27(11-13-28)18-8-6-17(23)7-9-18/h2-9,14-15H,10-13H2,1H3,(H,24,25,26). The van der Waals surface area contributed by atoms with Gasteiger partial charge in [-0.25, -0.2) is 14.4 Å². The highest BCUT2D eigenvalue weighted by atomic mass is 19.1. The largest absolute Gasteiger partial charge is 0.368 e. The molecule has 4 rings (SSSR count). The number of rotatable bonds is 4. The maximum atomic E-state index is 13.1. The molecule has 1 aliphatic heterocycles. The molecule has 0 bridgehead atoms. The van der Waals surface area contributed by atoms with Gasteiger partial charge in [-0.3, -0.25) is 4.79 Å². The van der Waals surface area contributed by atoms with Crippen molar-refractivity contribution >= 4 is 23.1 Å². The summed E-state index contributed by atoms with van der Waals surface area (Å²) in [4.78, 5) is 25.2. The third-order valence-corrected chi connectivity index (χ3v) is 5.05. The molecule has 3 aromatic rings. The van der Waals surface area contributed by atoms with Crippen molar-refractivity contribution in [3.8, 4) is 0 Å². The summed E-state index contributed by atoms with van der Waals surface area (Å²) < 4.78 is 13.1. The quantitative estimate of drug-likeness (QED) is 0.736. The fourth-order valence-electron chi connectivity index (χ4n) is 3.38. The molecular weight excluding hydrogens is 369 g/mol. The average Bonchev–Trinajstić information content (AvgIpc) is 2.76. The van der Waals surface area contributed by atoms with E-state index in [1.54, 1.807) is 23.1 Å². The maximum absolute atomic E-state index is 13.1. The number of benzene rings is 2. The summed E-state index contributed by atoms with van der Waals surface area (Å²) in [5, 5.41) is 3.24. The number of hydrogen-bond acceptors (Lipinski definition) is 5. The monoisotopic (exact) mass is 391 g/mol. The number of carbonyl (C=O) groups is 1. The molecule has 1 N–H and O–H groups in total. The number of aryl methyl sites for hydroxylation is 1. The molecule has 1 aliphatic rings. The molecule has 1 aromatic heterocycles. The highest BCUT2D eigenvalue weighted by Crippen LogP contribution is 2.20. The van der Waals surface area contributed by atoms with Gasteiger partial charge < -0.3 is 15.1 Å². The smallest absolute Gasteiger partial charge is 0.272 e. The van der Waals surface area contributed by atoms with Gasteiger partial charge >= 0.3 is 0 Å². The van der Waals surface area contributed by atoms with E-state index >= 15 is 0 Å². The summed E-state index contributed by atoms with van der Waals surface area (Å²) in [5.74, 6) is 0.225. The lowest BCUT2D eigenvalue weighted by molar-refractivity contribution is 0.0740. The zero-order valence-corrected chi connectivity index (χ0v) is 16.2. The minimum atomic E-state index is -0.249. The zero-order valence-electron chi connectivity index (χ0n) is 16.2. The molecule has 1 fully saturated rings. The van der Waals surface area contributed by atoms with Crippen LogP contribution in [0.4, 0.5) is 21.6 Å². The Morgan fingerprint density at radius 3 is 2.45 bits per heavy atom. The van der Waals surface area contributed by atoms with Crippen molar-refractivity contribution in [3.63, 3.8) is 0 Å². The molecule has 1 amide bonds. The molecule has 7 heteroatoms. The molecule has 0 radical (unpaired) electrons. The highest BCUT2D eigenvalue weighted by Gasteiger charge is 2.23. The molecule has 29 heavy (non-hydrogen) atoms. The average molecular weight is 391 g/mol. The molecule has 0 saturated carbocycles. The Bertz CT molecular complexity index is 1000. The number of amides is 1. The maximum Gasteiger partial charge on any atom is 0.272 e. The van der Waals surface area contributed by atoms with Crippen LogP contribution in [-0.2, 0) is 0 Å². The number of nitrogens with zero attached hydrogens (tertiary/aromatic N) is 4. The van der Waals surface area contributed by atoms with E-state index in [0.29, 0.717) is 37.7 Å². The Labute approximate surface area is 169 Å². The first-order chi connectivity index (χ1) is 14.1. The normalized spacial score (nSPS) is 14.0. The predicted molar refractivity (Wildman–Crippen MR) is 111 cm³/mol. The lowest BCUT2D eigenvalue weighted by Gasteiger charge is -2.36. The van der Waals surface area contributed by atoms with Crippen molar-refractivity contribution in [2.75, 3.05) is 36.4 Å². The second kappa shape index (κ2) is 8.26. The van der Waals surface area contributed by atoms with Gasteiger partial charge in [0.25, 0.3) is 5.91 Å². The van der Waals surface area contributed by atoms with Crippen LogP contribution in [0.3, 0.4) is 0 Å². The van der Waals surface area contributed by atoms with Gasteiger partial charge in [0.2, 0.25) is 0 Å². The van der Waals surface area contributed by atoms with Crippen LogP contribution in [0.1, 0.15) is 16.1 Å². The Kier molecular flexibility index (Phi) is 5.37. The van der Waals surface area contributed by atoms with Crippen LogP contribution in [0, 0.1) is 12.7 Å². The number of anilines is 3. The Morgan fingerprint density at radius 1 is 1.00 bits per heavy atom. The van der Waals surface area contributed by atoms with Gasteiger partial charge in [-0.2, -0.15) is 0 Å². The van der Waals surface area contributed by atoms with Gasteiger partial charge in [0.15, 0.2) is 0 Å². The van der Waals surface area contributed by atoms with Crippen LogP contribution >= 0.6 is 0 Å². The summed E-state index contributed by atoms with van der Waals surface area (Å²) in [6, 6.07) is 16.0. The predicted octanol–water partition coefficient (Wildman–Crippen LogP) is 3.63. The van der Waals surface area contributed by atoms with Crippen molar-refractivity contribution < 1.29 is 9.18 Å². The van der Waals surface area contributed by atoms with E-state index < -0.39 is 0 Å². The van der Waals surface area contributed by atoms with E-state index in [1.165, 1.54) is 18.5 Å². The first kappa shape index (κ1) is 18.9. The van der Waals surface area contributed by atoms with Crippen molar-refractivity contribution in [1.82, 2.24) is 14.9 Å². The molecule has 0 unspecified atom stereocenters. The van der Waals surface area contributed by atoms with Crippen LogP contribution in [0.25, 0.3) is 0 Å². The molecule has 148 valence electrons. The van der Waals surface area contributed by atoms with E-state index in [9.17, 15) is 9.18 Å². The molecular formula is C22H22FN5O. The number of piperazine rings is 1. The third kappa shape index (κ3) is 4.34. The fourth-order valence-corrected chi connectivity index (χ4v) is 3.38. The molecule has 2 heterocycles. The molecule has 0 aliphatic carbocycles. The van der Waals surface area contributed by atoms with Crippen LogP contribution in [0.2, 0.25) is 0 Å². The number of hydrogen-bond donors (Lipinski definition) is 1. The van der Waals surface area contributed by atoms with E-state index in [0.717, 1.165) is 16.9 Å². The van der Waals surface area contributed by atoms with Gasteiger partial charge in [0, 0.05) is 43.6 Å². The van der Waals surface area contributed by atoms with Crippen LogP contribution in [0.15, 0.2) is 60.9 Å². The summed E-state index contributed by atoms with van der Waals surface area (Å²) in [7, 11) is 0. The topological polar surface area (TPSA) is 61.4 Å². The lowest BCUT2D eigenvalue weighted by Crippen LogP contribution is -2.49. The number of para-hydroxylation sites is 1. The Balaban J connectivity index is 1.41. The van der Waals surface area contributed by atoms with Gasteiger partial charge in [-0.15, -0.1) is 0 Å². The van der Waals surface area contributed by atoms with Crippen LogP contribution in [-0.4, -0.2) is 47.0 Å². The molecule has 0 atom stereocenters. The van der Waals surface area contributed by atoms with Crippen molar-refractivity contribution in [1.29, 1.82) is 0 Å². The van der Waals surface area contributed by atoms with E-state index in [2.05, 4.69) is 20.2 Å². The molecule has 6 nitrogen and oxygen atoms in total. The van der Waals surface area contributed by atoms with Crippen LogP contribution < -0.4 is 10.2 Å². The zero-order chi connectivity index (χ0) is 20.2. The Hall–Kier alpha value is -3.48. The fraction of sp³-hybridized carbons (Fsp3) is 0.227. The summed E-state index contributed by atoms with van der Waals surface area (Å²) in [6.45, 7) is 4.56. The molecule has 2 aromatic carbocycles. The summed E-state index contributed by atoms with van der Waals surface area (Å²) in [6.07, 6.45) is 1.41. The van der Waals surface area contributed by atoms with Crippen molar-refractivity contribution in [3.05, 3.63) is 78.0 Å². The van der Waals surface area contributed by atoms with Gasteiger partial charge in [-0.1, -0.05) is 18.2 Å². The second-order valence-corrected chi connectivity index (χ2v) is 6.98.